The fourth-order valence-corrected chi connectivity index (χ4v) is 2.37. The van der Waals surface area contributed by atoms with Gasteiger partial charge in [0.1, 0.15) is 0 Å². The van der Waals surface area contributed by atoms with Crippen LogP contribution in [0.2, 0.25) is 0 Å². The van der Waals surface area contributed by atoms with E-state index in [1.165, 1.54) is 6.20 Å². The number of nitrogens with one attached hydrogen (secondary N) is 2. The second-order valence-corrected chi connectivity index (χ2v) is 6.03. The molecule has 3 aromatic rings. The highest BCUT2D eigenvalue weighted by atomic mass is 16.3. The van der Waals surface area contributed by atoms with Crippen molar-refractivity contribution in [3.05, 3.63) is 51.1 Å². The number of H-pyrrole nitrogens is 2. The number of nitrogens with zero attached hydrogens (tertiary/aromatic N) is 3. The van der Waals surface area contributed by atoms with Crippen molar-refractivity contribution in [3.8, 4) is 11.3 Å². The van der Waals surface area contributed by atoms with E-state index in [1.54, 1.807) is 30.8 Å². The van der Waals surface area contributed by atoms with Gasteiger partial charge >= 0.3 is 5.69 Å². The van der Waals surface area contributed by atoms with Gasteiger partial charge in [0.25, 0.3) is 5.56 Å². The Hall–Kier alpha value is -2.74. The summed E-state index contributed by atoms with van der Waals surface area (Å²) in [6.07, 6.45) is 6.94. The predicted octanol–water partition coefficient (Wildman–Crippen LogP) is 1.04. The van der Waals surface area contributed by atoms with Gasteiger partial charge in [-0.2, -0.15) is 5.10 Å². The third kappa shape index (κ3) is 3.43. The van der Waals surface area contributed by atoms with Gasteiger partial charge in [0, 0.05) is 30.3 Å². The van der Waals surface area contributed by atoms with E-state index in [0.29, 0.717) is 17.2 Å². The molecule has 3 N–H and O–H groups in total. The third-order valence-corrected chi connectivity index (χ3v) is 3.50. The first-order valence-electron chi connectivity index (χ1n) is 7.80. The monoisotopic (exact) mass is 329 g/mol. The van der Waals surface area contributed by atoms with Gasteiger partial charge in [-0.05, 0) is 38.7 Å². The first-order chi connectivity index (χ1) is 11.5. The number of aliphatic hydroxyl groups is 1. The minimum Gasteiger partial charge on any atom is -0.394 e. The summed E-state index contributed by atoms with van der Waals surface area (Å²) in [5.41, 5.74) is 1.85. The van der Waals surface area contributed by atoms with Crippen LogP contribution in [0.5, 0.6) is 0 Å². The summed E-state index contributed by atoms with van der Waals surface area (Å²) in [6.45, 7) is 3.44. The highest BCUT2D eigenvalue weighted by Crippen LogP contribution is 2.42. The minimum absolute atomic E-state index is 0.167. The van der Waals surface area contributed by atoms with Gasteiger partial charge in [0.2, 0.25) is 0 Å². The molecule has 4 rings (SSSR count). The van der Waals surface area contributed by atoms with Crippen molar-refractivity contribution in [3.63, 3.8) is 0 Å². The number of fused-ring (bicyclic) bond motifs is 1. The molecule has 0 saturated heterocycles. The van der Waals surface area contributed by atoms with Crippen LogP contribution in [0.4, 0.5) is 0 Å². The molecule has 1 aliphatic carbocycles. The Morgan fingerprint density at radius 2 is 2.04 bits per heavy atom. The molecule has 3 heterocycles. The van der Waals surface area contributed by atoms with Crippen molar-refractivity contribution >= 4 is 5.65 Å². The fraction of sp³-hybridized carbons (Fsp3) is 0.375. The van der Waals surface area contributed by atoms with Gasteiger partial charge in [0.05, 0.1) is 11.3 Å². The molecule has 0 atom stereocenters. The maximum absolute atomic E-state index is 11.9. The molecule has 1 aliphatic rings. The van der Waals surface area contributed by atoms with Crippen LogP contribution in [0.1, 0.15) is 38.2 Å². The van der Waals surface area contributed by atoms with Gasteiger partial charge in [-0.3, -0.25) is 9.78 Å². The molecule has 1 saturated carbocycles. The zero-order chi connectivity index (χ0) is 17.3. The van der Waals surface area contributed by atoms with E-state index in [-0.39, 0.29) is 6.10 Å². The first kappa shape index (κ1) is 16.1. The zero-order valence-corrected chi connectivity index (χ0v) is 13.5. The van der Waals surface area contributed by atoms with Crippen molar-refractivity contribution in [1.82, 2.24) is 24.6 Å². The Bertz CT molecular complexity index is 963. The number of hydrogen-bond donors (Lipinski definition) is 3. The molecule has 3 aromatic heterocycles. The number of hydrogen-bond acceptors (Lipinski definition) is 5. The maximum atomic E-state index is 11.9. The molecule has 8 heteroatoms. The van der Waals surface area contributed by atoms with Crippen molar-refractivity contribution in [2.45, 2.75) is 38.7 Å². The van der Waals surface area contributed by atoms with Crippen LogP contribution in [0.25, 0.3) is 16.9 Å². The number of rotatable bonds is 2. The topological polar surface area (TPSA) is 116 Å². The molecule has 0 aromatic carbocycles. The van der Waals surface area contributed by atoms with E-state index >= 15 is 0 Å². The Morgan fingerprint density at radius 3 is 2.67 bits per heavy atom. The lowest BCUT2D eigenvalue weighted by atomic mass is 10.1. The van der Waals surface area contributed by atoms with Crippen LogP contribution < -0.4 is 11.2 Å². The van der Waals surface area contributed by atoms with Crippen LogP contribution in [0.15, 0.2) is 34.2 Å². The van der Waals surface area contributed by atoms with E-state index in [0.717, 1.165) is 24.1 Å². The SMILES string of the molecule is CC(C)O.O=c1[nH]cc(-c2cc(C3CC3)c3nccn3n2)c(=O)[nH]1. The Morgan fingerprint density at radius 1 is 1.33 bits per heavy atom. The van der Waals surface area contributed by atoms with Crippen LogP contribution in [0, 0.1) is 0 Å². The molecule has 0 radical (unpaired) electrons. The second kappa shape index (κ2) is 6.40. The van der Waals surface area contributed by atoms with Gasteiger partial charge in [-0.25, -0.2) is 14.3 Å². The summed E-state index contributed by atoms with van der Waals surface area (Å²) in [5.74, 6) is 0.489. The Kier molecular flexibility index (Phi) is 4.30. The predicted molar refractivity (Wildman–Crippen MR) is 89.0 cm³/mol. The molecule has 8 nitrogen and oxygen atoms in total. The molecule has 0 aliphatic heterocycles. The molecule has 0 bridgehead atoms. The van der Waals surface area contributed by atoms with Crippen molar-refractivity contribution in [2.24, 2.45) is 0 Å². The maximum Gasteiger partial charge on any atom is 0.325 e. The van der Waals surface area contributed by atoms with Gasteiger partial charge in [0.15, 0.2) is 5.65 Å². The lowest BCUT2D eigenvalue weighted by molar-refractivity contribution is 0.216. The van der Waals surface area contributed by atoms with Crippen LogP contribution in [-0.2, 0) is 0 Å². The first-order valence-corrected chi connectivity index (χ1v) is 7.80. The highest BCUT2D eigenvalue weighted by Gasteiger charge is 2.27. The molecule has 1 fully saturated rings. The summed E-state index contributed by atoms with van der Waals surface area (Å²) in [7, 11) is 0. The summed E-state index contributed by atoms with van der Waals surface area (Å²) in [5, 5.41) is 12.4. The second-order valence-electron chi connectivity index (χ2n) is 6.03. The Balaban J connectivity index is 0.000000383. The quantitative estimate of drug-likeness (QED) is 0.649. The summed E-state index contributed by atoms with van der Waals surface area (Å²) >= 11 is 0. The van der Waals surface area contributed by atoms with E-state index in [1.807, 2.05) is 6.07 Å². The number of aliphatic hydroxyl groups excluding tert-OH is 1. The summed E-state index contributed by atoms with van der Waals surface area (Å²) in [4.78, 5) is 31.9. The lowest BCUT2D eigenvalue weighted by Gasteiger charge is -2.05. The number of imidazole rings is 1. The molecule has 0 spiro atoms. The average Bonchev–Trinajstić information content (AvgIpc) is 3.23. The molecule has 0 amide bonds. The zero-order valence-electron chi connectivity index (χ0n) is 13.5. The summed E-state index contributed by atoms with van der Waals surface area (Å²) in [6, 6.07) is 1.89. The fourth-order valence-electron chi connectivity index (χ4n) is 2.37. The molecular weight excluding hydrogens is 310 g/mol. The van der Waals surface area contributed by atoms with Crippen molar-refractivity contribution < 1.29 is 5.11 Å². The number of aromatic amines is 2. The lowest BCUT2D eigenvalue weighted by Crippen LogP contribution is -2.23. The Labute approximate surface area is 137 Å². The smallest absolute Gasteiger partial charge is 0.325 e. The largest absolute Gasteiger partial charge is 0.394 e. The third-order valence-electron chi connectivity index (χ3n) is 3.50. The summed E-state index contributed by atoms with van der Waals surface area (Å²) < 4.78 is 1.67. The van der Waals surface area contributed by atoms with E-state index < -0.39 is 11.2 Å². The normalized spacial score (nSPS) is 13.8. The van der Waals surface area contributed by atoms with Crippen LogP contribution >= 0.6 is 0 Å². The van der Waals surface area contributed by atoms with Gasteiger partial charge < -0.3 is 10.1 Å². The number of aromatic nitrogens is 5. The van der Waals surface area contributed by atoms with Gasteiger partial charge in [-0.1, -0.05) is 0 Å². The van der Waals surface area contributed by atoms with Crippen molar-refractivity contribution in [1.29, 1.82) is 0 Å². The van der Waals surface area contributed by atoms with Crippen molar-refractivity contribution in [2.75, 3.05) is 0 Å². The van der Waals surface area contributed by atoms with E-state index in [4.69, 9.17) is 5.11 Å². The molecule has 126 valence electrons. The average molecular weight is 329 g/mol. The van der Waals surface area contributed by atoms with E-state index in [2.05, 4.69) is 20.1 Å². The molecule has 24 heavy (non-hydrogen) atoms. The van der Waals surface area contributed by atoms with Crippen LogP contribution in [-0.4, -0.2) is 35.8 Å². The highest BCUT2D eigenvalue weighted by molar-refractivity contribution is 5.62. The molecular formula is C16H19N5O3. The van der Waals surface area contributed by atoms with Crippen LogP contribution in [0.3, 0.4) is 0 Å². The molecule has 0 unspecified atom stereocenters. The standard InChI is InChI=1S/C13H11N5O2.C3H8O/c19-12-9(6-15-13(20)16-12)10-5-8(7-1-2-7)11-14-3-4-18(11)17-10;1-3(2)4/h3-7H,1-2H2,(H2,15,16,19,20);3-4H,1-2H3. The van der Waals surface area contributed by atoms with E-state index in [9.17, 15) is 9.59 Å². The minimum atomic E-state index is -0.523. The van der Waals surface area contributed by atoms with Gasteiger partial charge in [-0.15, -0.1) is 0 Å².